The van der Waals surface area contributed by atoms with Crippen molar-refractivity contribution >= 4 is 17.5 Å². The Labute approximate surface area is 134 Å². The Morgan fingerprint density at radius 1 is 1.50 bits per heavy atom. The maximum Gasteiger partial charge on any atom is 0.244 e. The van der Waals surface area contributed by atoms with Crippen LogP contribution in [0.4, 0.5) is 0 Å². The zero-order chi connectivity index (χ0) is 15.5. The standard InChI is InChI=1S/C15H20ClN5O/c1-11-6-17-19-14(11)5-12-3-2-4-20(8-12)15(22)10-21-9-13(16)7-18-21/h6-7,9,12H,2-5,8,10H2,1H3,(H,17,19). The number of nitrogens with zero attached hydrogens (tertiary/aromatic N) is 4. The molecule has 3 rings (SSSR count). The van der Waals surface area contributed by atoms with Gasteiger partial charge in [0.15, 0.2) is 0 Å². The zero-order valence-corrected chi connectivity index (χ0v) is 13.4. The van der Waals surface area contributed by atoms with Crippen LogP contribution in [0, 0.1) is 12.8 Å². The summed E-state index contributed by atoms with van der Waals surface area (Å²) < 4.78 is 1.59. The highest BCUT2D eigenvalue weighted by molar-refractivity contribution is 6.30. The lowest BCUT2D eigenvalue weighted by atomic mass is 9.92. The molecule has 1 unspecified atom stereocenters. The van der Waals surface area contributed by atoms with Gasteiger partial charge >= 0.3 is 0 Å². The number of rotatable bonds is 4. The third-order valence-corrected chi connectivity index (χ3v) is 4.39. The Hall–Kier alpha value is -1.82. The van der Waals surface area contributed by atoms with Gasteiger partial charge in [0, 0.05) is 25.0 Å². The van der Waals surface area contributed by atoms with E-state index in [1.807, 2.05) is 11.1 Å². The third kappa shape index (κ3) is 3.50. The summed E-state index contributed by atoms with van der Waals surface area (Å²) in [5, 5.41) is 11.7. The summed E-state index contributed by atoms with van der Waals surface area (Å²) in [6.07, 6.45) is 8.22. The first-order valence-electron chi connectivity index (χ1n) is 7.56. The second kappa shape index (κ2) is 6.52. The Morgan fingerprint density at radius 3 is 3.05 bits per heavy atom. The van der Waals surface area contributed by atoms with Gasteiger partial charge in [-0.3, -0.25) is 14.6 Å². The third-order valence-electron chi connectivity index (χ3n) is 4.20. The highest BCUT2D eigenvalue weighted by Crippen LogP contribution is 2.21. The van der Waals surface area contributed by atoms with Gasteiger partial charge in [0.1, 0.15) is 6.54 Å². The van der Waals surface area contributed by atoms with E-state index >= 15 is 0 Å². The number of hydrogen-bond donors (Lipinski definition) is 1. The normalized spacial score (nSPS) is 18.6. The largest absolute Gasteiger partial charge is 0.341 e. The topological polar surface area (TPSA) is 66.8 Å². The van der Waals surface area contributed by atoms with E-state index in [0.717, 1.165) is 32.4 Å². The zero-order valence-electron chi connectivity index (χ0n) is 12.6. The van der Waals surface area contributed by atoms with Crippen molar-refractivity contribution in [3.63, 3.8) is 0 Å². The number of piperidine rings is 1. The van der Waals surface area contributed by atoms with Gasteiger partial charge in [0.25, 0.3) is 0 Å². The Bertz CT molecular complexity index is 650. The number of H-pyrrole nitrogens is 1. The molecule has 1 saturated heterocycles. The minimum atomic E-state index is 0.103. The molecule has 1 aliphatic heterocycles. The van der Waals surface area contributed by atoms with Crippen molar-refractivity contribution in [2.75, 3.05) is 13.1 Å². The molecule has 1 atom stereocenters. The molecular weight excluding hydrogens is 302 g/mol. The summed E-state index contributed by atoms with van der Waals surface area (Å²) in [5.74, 6) is 0.587. The van der Waals surface area contributed by atoms with Crippen molar-refractivity contribution in [3.8, 4) is 0 Å². The summed E-state index contributed by atoms with van der Waals surface area (Å²) in [4.78, 5) is 14.3. The molecule has 2 aromatic rings. The van der Waals surface area contributed by atoms with Crippen molar-refractivity contribution in [1.29, 1.82) is 0 Å². The quantitative estimate of drug-likeness (QED) is 0.937. The molecule has 0 aliphatic carbocycles. The van der Waals surface area contributed by atoms with Crippen molar-refractivity contribution in [2.45, 2.75) is 32.7 Å². The molecule has 6 nitrogen and oxygen atoms in total. The average Bonchev–Trinajstić information content (AvgIpc) is 3.08. The molecule has 1 aliphatic rings. The highest BCUT2D eigenvalue weighted by Gasteiger charge is 2.24. The molecule has 0 saturated carbocycles. The summed E-state index contributed by atoms with van der Waals surface area (Å²) in [7, 11) is 0. The molecule has 0 spiro atoms. The van der Waals surface area contributed by atoms with Crippen molar-refractivity contribution in [3.05, 3.63) is 34.9 Å². The van der Waals surface area contributed by atoms with Crippen LogP contribution in [-0.4, -0.2) is 43.9 Å². The fourth-order valence-corrected chi connectivity index (χ4v) is 3.15. The lowest BCUT2D eigenvalue weighted by Crippen LogP contribution is -2.42. The second-order valence-electron chi connectivity index (χ2n) is 5.94. The molecule has 0 radical (unpaired) electrons. The Kier molecular flexibility index (Phi) is 4.47. The number of likely N-dealkylation sites (tertiary alicyclic amines) is 1. The van der Waals surface area contributed by atoms with Crippen LogP contribution in [0.15, 0.2) is 18.6 Å². The fraction of sp³-hybridized carbons (Fsp3) is 0.533. The van der Waals surface area contributed by atoms with Crippen molar-refractivity contribution < 1.29 is 4.79 Å². The number of carbonyl (C=O) groups excluding carboxylic acids is 1. The van der Waals surface area contributed by atoms with E-state index in [0.29, 0.717) is 10.9 Å². The van der Waals surface area contributed by atoms with Gasteiger partial charge in [-0.25, -0.2) is 0 Å². The molecular formula is C15H20ClN5O. The summed E-state index contributed by atoms with van der Waals surface area (Å²) >= 11 is 5.83. The number of halogens is 1. The average molecular weight is 322 g/mol. The molecule has 2 aromatic heterocycles. The number of aromatic nitrogens is 4. The van der Waals surface area contributed by atoms with Crippen LogP contribution in [0.2, 0.25) is 5.02 Å². The van der Waals surface area contributed by atoms with Crippen LogP contribution >= 0.6 is 11.6 Å². The van der Waals surface area contributed by atoms with Crippen LogP contribution in [0.5, 0.6) is 0 Å². The van der Waals surface area contributed by atoms with Gasteiger partial charge in [0.2, 0.25) is 5.91 Å². The molecule has 1 amide bonds. The molecule has 1 fully saturated rings. The lowest BCUT2D eigenvalue weighted by molar-refractivity contribution is -0.133. The summed E-state index contributed by atoms with van der Waals surface area (Å²) in [5.41, 5.74) is 2.37. The van der Waals surface area contributed by atoms with Crippen LogP contribution < -0.4 is 0 Å². The van der Waals surface area contributed by atoms with Crippen LogP contribution in [-0.2, 0) is 17.8 Å². The smallest absolute Gasteiger partial charge is 0.244 e. The monoisotopic (exact) mass is 321 g/mol. The predicted molar refractivity (Wildman–Crippen MR) is 83.6 cm³/mol. The number of carbonyl (C=O) groups is 1. The predicted octanol–water partition coefficient (Wildman–Crippen LogP) is 2.05. The number of aromatic amines is 1. The molecule has 0 bridgehead atoms. The van der Waals surface area contributed by atoms with Crippen LogP contribution in [0.3, 0.4) is 0 Å². The van der Waals surface area contributed by atoms with Gasteiger partial charge in [-0.2, -0.15) is 10.2 Å². The first-order valence-corrected chi connectivity index (χ1v) is 7.94. The Balaban J connectivity index is 1.58. The van der Waals surface area contributed by atoms with Gasteiger partial charge in [0.05, 0.1) is 17.4 Å². The van der Waals surface area contributed by atoms with Gasteiger partial charge in [-0.05, 0) is 37.7 Å². The fourth-order valence-electron chi connectivity index (χ4n) is 2.99. The first kappa shape index (κ1) is 15.1. The minimum Gasteiger partial charge on any atom is -0.341 e. The van der Waals surface area contributed by atoms with E-state index < -0.39 is 0 Å². The molecule has 118 valence electrons. The highest BCUT2D eigenvalue weighted by atomic mass is 35.5. The minimum absolute atomic E-state index is 0.103. The number of hydrogen-bond acceptors (Lipinski definition) is 3. The van der Waals surface area contributed by atoms with E-state index in [2.05, 4.69) is 22.2 Å². The van der Waals surface area contributed by atoms with Gasteiger partial charge in [-0.15, -0.1) is 0 Å². The van der Waals surface area contributed by atoms with E-state index in [4.69, 9.17) is 11.6 Å². The maximum absolute atomic E-state index is 12.4. The van der Waals surface area contributed by atoms with E-state index in [1.54, 1.807) is 17.1 Å². The van der Waals surface area contributed by atoms with Crippen LogP contribution in [0.25, 0.3) is 0 Å². The van der Waals surface area contributed by atoms with E-state index in [-0.39, 0.29) is 12.5 Å². The number of aryl methyl sites for hydroxylation is 1. The van der Waals surface area contributed by atoms with Gasteiger partial charge in [-0.1, -0.05) is 11.6 Å². The molecule has 3 heterocycles. The first-order chi connectivity index (χ1) is 10.6. The second-order valence-corrected chi connectivity index (χ2v) is 6.38. The summed E-state index contributed by atoms with van der Waals surface area (Å²) in [6.45, 7) is 3.94. The van der Waals surface area contributed by atoms with Gasteiger partial charge < -0.3 is 4.90 Å². The SMILES string of the molecule is Cc1cn[nH]c1CC1CCCN(C(=O)Cn2cc(Cl)cn2)C1. The molecule has 7 heteroatoms. The van der Waals surface area contributed by atoms with Crippen molar-refractivity contribution in [2.24, 2.45) is 5.92 Å². The molecule has 0 aromatic carbocycles. The summed E-state index contributed by atoms with van der Waals surface area (Å²) in [6, 6.07) is 0. The lowest BCUT2D eigenvalue weighted by Gasteiger charge is -2.32. The number of nitrogens with one attached hydrogen (secondary N) is 1. The van der Waals surface area contributed by atoms with E-state index in [9.17, 15) is 4.79 Å². The number of amides is 1. The Morgan fingerprint density at radius 2 is 2.36 bits per heavy atom. The molecule has 22 heavy (non-hydrogen) atoms. The van der Waals surface area contributed by atoms with Crippen LogP contribution in [0.1, 0.15) is 24.1 Å². The molecule has 1 N–H and O–H groups in total. The maximum atomic E-state index is 12.4. The van der Waals surface area contributed by atoms with E-state index in [1.165, 1.54) is 11.3 Å². The van der Waals surface area contributed by atoms with Crippen molar-refractivity contribution in [1.82, 2.24) is 24.9 Å².